The quantitative estimate of drug-likeness (QED) is 0.589. The van der Waals surface area contributed by atoms with Crippen molar-refractivity contribution in [3.63, 3.8) is 0 Å². The van der Waals surface area contributed by atoms with E-state index in [1.165, 1.54) is 13.0 Å². The molecule has 150 valence electrons. The summed E-state index contributed by atoms with van der Waals surface area (Å²) in [6.07, 6.45) is -0.460. The van der Waals surface area contributed by atoms with Crippen LogP contribution < -0.4 is 4.90 Å². The number of Topliss-reactive ketones (excluding diaryl/α,β-unsaturated/α-hetero) is 1. The van der Waals surface area contributed by atoms with E-state index < -0.39 is 17.9 Å². The monoisotopic (exact) mass is 396 g/mol. The second-order valence-corrected chi connectivity index (χ2v) is 7.29. The first kappa shape index (κ1) is 19.1. The van der Waals surface area contributed by atoms with Gasteiger partial charge >= 0.3 is 5.97 Å². The van der Waals surface area contributed by atoms with Crippen molar-refractivity contribution < 1.29 is 23.5 Å². The molecule has 0 spiro atoms. The Balaban J connectivity index is 1.41. The molecular formula is C22H21FN2O4. The van der Waals surface area contributed by atoms with E-state index in [4.69, 9.17) is 4.74 Å². The largest absolute Gasteiger partial charge is 0.448 e. The van der Waals surface area contributed by atoms with Crippen LogP contribution in [0.3, 0.4) is 0 Å². The van der Waals surface area contributed by atoms with Crippen LogP contribution in [0.4, 0.5) is 10.1 Å². The standard InChI is InChI=1S/C22H21FN2O4/c1-14(26)15-6-7-19(18(23)12-15)24-8-10-25(11-9-24)21(27)20-13-16-4-2-3-5-17(16)22(28)29-20/h2-7,12,20H,8-11,13H2,1H3. The van der Waals surface area contributed by atoms with Gasteiger partial charge in [-0.25, -0.2) is 9.18 Å². The topological polar surface area (TPSA) is 66.9 Å². The highest BCUT2D eigenvalue weighted by Gasteiger charge is 2.35. The van der Waals surface area contributed by atoms with Crippen LogP contribution in [-0.4, -0.2) is 54.8 Å². The van der Waals surface area contributed by atoms with E-state index in [9.17, 15) is 18.8 Å². The third kappa shape index (κ3) is 3.72. The average Bonchev–Trinajstić information content (AvgIpc) is 2.73. The minimum absolute atomic E-state index is 0.186. The van der Waals surface area contributed by atoms with Gasteiger partial charge in [-0.15, -0.1) is 0 Å². The maximum atomic E-state index is 14.4. The van der Waals surface area contributed by atoms with E-state index in [1.54, 1.807) is 29.2 Å². The number of hydrogen-bond donors (Lipinski definition) is 0. The SMILES string of the molecule is CC(=O)c1ccc(N2CCN(C(=O)C3Cc4ccccc4C(=O)O3)CC2)c(F)c1. The van der Waals surface area contributed by atoms with Gasteiger partial charge in [-0.3, -0.25) is 9.59 Å². The molecule has 2 aliphatic heterocycles. The van der Waals surface area contributed by atoms with Gasteiger partial charge < -0.3 is 14.5 Å². The van der Waals surface area contributed by atoms with Crippen molar-refractivity contribution in [1.82, 2.24) is 4.90 Å². The van der Waals surface area contributed by atoms with Gasteiger partial charge in [0.2, 0.25) is 0 Å². The zero-order valence-corrected chi connectivity index (χ0v) is 16.1. The first-order chi connectivity index (χ1) is 13.9. The highest BCUT2D eigenvalue weighted by molar-refractivity contribution is 5.96. The van der Waals surface area contributed by atoms with Gasteiger partial charge in [0.25, 0.3) is 5.91 Å². The lowest BCUT2D eigenvalue weighted by Crippen LogP contribution is -2.53. The Morgan fingerprint density at radius 2 is 1.79 bits per heavy atom. The fourth-order valence-electron chi connectivity index (χ4n) is 3.82. The number of nitrogens with zero attached hydrogens (tertiary/aromatic N) is 2. The van der Waals surface area contributed by atoms with Crippen LogP contribution >= 0.6 is 0 Å². The van der Waals surface area contributed by atoms with Crippen LogP contribution in [0.1, 0.15) is 33.2 Å². The molecule has 1 fully saturated rings. The Bertz CT molecular complexity index is 983. The summed E-state index contributed by atoms with van der Waals surface area (Å²) in [4.78, 5) is 39.9. The predicted molar refractivity (Wildman–Crippen MR) is 105 cm³/mol. The van der Waals surface area contributed by atoms with Crippen LogP contribution in [0.5, 0.6) is 0 Å². The Hall–Kier alpha value is -3.22. The van der Waals surface area contributed by atoms with E-state index in [0.717, 1.165) is 5.56 Å². The van der Waals surface area contributed by atoms with E-state index in [2.05, 4.69) is 0 Å². The number of halogens is 1. The molecule has 0 saturated carbocycles. The van der Waals surface area contributed by atoms with Gasteiger partial charge in [-0.2, -0.15) is 0 Å². The van der Waals surface area contributed by atoms with Crippen LogP contribution in [0.15, 0.2) is 42.5 Å². The molecule has 0 radical (unpaired) electrons. The van der Waals surface area contributed by atoms with Crippen LogP contribution in [0.25, 0.3) is 0 Å². The summed E-state index contributed by atoms with van der Waals surface area (Å²) in [5.41, 5.74) is 2.07. The number of anilines is 1. The van der Waals surface area contributed by atoms with Crippen LogP contribution in [0.2, 0.25) is 0 Å². The molecule has 0 bridgehead atoms. The number of amides is 1. The average molecular weight is 396 g/mol. The summed E-state index contributed by atoms with van der Waals surface area (Å²) in [6, 6.07) is 11.6. The van der Waals surface area contributed by atoms with E-state index in [-0.39, 0.29) is 11.7 Å². The third-order valence-corrected chi connectivity index (χ3v) is 5.45. The maximum absolute atomic E-state index is 14.4. The fourth-order valence-corrected chi connectivity index (χ4v) is 3.82. The third-order valence-electron chi connectivity index (χ3n) is 5.45. The zero-order valence-electron chi connectivity index (χ0n) is 16.1. The number of piperazine rings is 1. The van der Waals surface area contributed by atoms with E-state index in [0.29, 0.717) is 49.4 Å². The molecule has 6 nitrogen and oxygen atoms in total. The van der Waals surface area contributed by atoms with Crippen molar-refractivity contribution in [1.29, 1.82) is 0 Å². The summed E-state index contributed by atoms with van der Waals surface area (Å²) in [5.74, 6) is -1.33. The molecular weight excluding hydrogens is 375 g/mol. The molecule has 0 aromatic heterocycles. The molecule has 2 aromatic carbocycles. The maximum Gasteiger partial charge on any atom is 0.339 e. The number of rotatable bonds is 3. The van der Waals surface area contributed by atoms with Crippen LogP contribution in [0, 0.1) is 5.82 Å². The van der Waals surface area contributed by atoms with Gasteiger partial charge in [0.15, 0.2) is 11.9 Å². The first-order valence-electron chi connectivity index (χ1n) is 9.57. The van der Waals surface area contributed by atoms with Crippen molar-refractivity contribution in [2.24, 2.45) is 0 Å². The van der Waals surface area contributed by atoms with Gasteiger partial charge in [0.1, 0.15) is 5.82 Å². The smallest absolute Gasteiger partial charge is 0.339 e. The van der Waals surface area contributed by atoms with E-state index in [1.807, 2.05) is 17.0 Å². The molecule has 4 rings (SSSR count). The lowest BCUT2D eigenvalue weighted by molar-refractivity contribution is -0.141. The lowest BCUT2D eigenvalue weighted by atomic mass is 9.98. The number of esters is 1. The lowest BCUT2D eigenvalue weighted by Gasteiger charge is -2.38. The summed E-state index contributed by atoms with van der Waals surface area (Å²) < 4.78 is 19.8. The van der Waals surface area contributed by atoms with Crippen molar-refractivity contribution in [3.05, 3.63) is 65.0 Å². The minimum atomic E-state index is -0.824. The molecule has 0 N–H and O–H groups in total. The van der Waals surface area contributed by atoms with Gasteiger partial charge in [-0.1, -0.05) is 18.2 Å². The number of carbonyl (C=O) groups is 3. The number of ether oxygens (including phenoxy) is 1. The summed E-state index contributed by atoms with van der Waals surface area (Å²) in [5, 5.41) is 0. The Morgan fingerprint density at radius 1 is 1.07 bits per heavy atom. The predicted octanol–water partition coefficient (Wildman–Crippen LogP) is 2.46. The highest BCUT2D eigenvalue weighted by atomic mass is 19.1. The number of ketones is 1. The summed E-state index contributed by atoms with van der Waals surface area (Å²) >= 11 is 0. The van der Waals surface area contributed by atoms with Crippen molar-refractivity contribution in [2.75, 3.05) is 31.1 Å². The molecule has 7 heteroatoms. The molecule has 1 saturated heterocycles. The second kappa shape index (κ2) is 7.66. The number of benzene rings is 2. The Kier molecular flexibility index (Phi) is 5.05. The fraction of sp³-hybridized carbons (Fsp3) is 0.318. The highest BCUT2D eigenvalue weighted by Crippen LogP contribution is 2.25. The molecule has 1 atom stereocenters. The zero-order chi connectivity index (χ0) is 20.5. The van der Waals surface area contributed by atoms with Crippen molar-refractivity contribution in [2.45, 2.75) is 19.4 Å². The molecule has 2 aliphatic rings. The molecule has 1 unspecified atom stereocenters. The number of carbonyl (C=O) groups excluding carboxylic acids is 3. The minimum Gasteiger partial charge on any atom is -0.448 e. The Morgan fingerprint density at radius 3 is 2.48 bits per heavy atom. The Labute approximate surface area is 167 Å². The first-order valence-corrected chi connectivity index (χ1v) is 9.57. The van der Waals surface area contributed by atoms with Gasteiger partial charge in [0.05, 0.1) is 11.3 Å². The number of cyclic esters (lactones) is 1. The molecule has 1 amide bonds. The molecule has 29 heavy (non-hydrogen) atoms. The normalized spacial score (nSPS) is 18.8. The summed E-state index contributed by atoms with van der Waals surface area (Å²) in [6.45, 7) is 3.12. The number of hydrogen-bond acceptors (Lipinski definition) is 5. The molecule has 0 aliphatic carbocycles. The van der Waals surface area contributed by atoms with Crippen molar-refractivity contribution in [3.8, 4) is 0 Å². The molecule has 2 aromatic rings. The van der Waals surface area contributed by atoms with E-state index >= 15 is 0 Å². The van der Waals surface area contributed by atoms with Crippen molar-refractivity contribution >= 4 is 23.3 Å². The molecule has 2 heterocycles. The van der Waals surface area contributed by atoms with Gasteiger partial charge in [0, 0.05) is 38.2 Å². The number of fused-ring (bicyclic) bond motifs is 1. The summed E-state index contributed by atoms with van der Waals surface area (Å²) in [7, 11) is 0. The van der Waals surface area contributed by atoms with Gasteiger partial charge in [-0.05, 0) is 36.8 Å². The van der Waals surface area contributed by atoms with Crippen LogP contribution in [-0.2, 0) is 16.0 Å². The second-order valence-electron chi connectivity index (χ2n) is 7.29.